The third-order valence-corrected chi connectivity index (χ3v) is 4.32. The molecule has 1 aromatic heterocycles. The summed E-state index contributed by atoms with van der Waals surface area (Å²) in [5.41, 5.74) is 7.10. The van der Waals surface area contributed by atoms with Gasteiger partial charge in [0.05, 0.1) is 11.6 Å². The summed E-state index contributed by atoms with van der Waals surface area (Å²) < 4.78 is 1.77. The molecule has 1 aromatic carbocycles. The van der Waals surface area contributed by atoms with Crippen LogP contribution < -0.4 is 5.73 Å². The Hall–Kier alpha value is -2.37. The van der Waals surface area contributed by atoms with Gasteiger partial charge in [-0.1, -0.05) is 19.1 Å². The minimum absolute atomic E-state index is 0.109. The lowest BCUT2D eigenvalue weighted by molar-refractivity contribution is -0.147. The Morgan fingerprint density at radius 3 is 2.82 bits per heavy atom. The monoisotopic (exact) mass is 300 g/mol. The van der Waals surface area contributed by atoms with Crippen molar-refractivity contribution in [2.45, 2.75) is 25.8 Å². The zero-order valence-electron chi connectivity index (χ0n) is 12.8. The first-order valence-corrected chi connectivity index (χ1v) is 7.49. The minimum Gasteiger partial charge on any atom is -0.361 e. The van der Waals surface area contributed by atoms with Crippen LogP contribution in [0.25, 0.3) is 10.9 Å². The Kier molecular flexibility index (Phi) is 3.60. The van der Waals surface area contributed by atoms with Crippen LogP contribution in [0.15, 0.2) is 24.4 Å². The number of benzene rings is 1. The van der Waals surface area contributed by atoms with Crippen molar-refractivity contribution in [3.63, 3.8) is 0 Å². The highest BCUT2D eigenvalue weighted by Gasteiger charge is 2.33. The second-order valence-corrected chi connectivity index (χ2v) is 6.14. The van der Waals surface area contributed by atoms with Crippen molar-refractivity contribution in [3.05, 3.63) is 30.0 Å². The zero-order chi connectivity index (χ0) is 15.9. The van der Waals surface area contributed by atoms with Gasteiger partial charge in [0.15, 0.2) is 0 Å². The summed E-state index contributed by atoms with van der Waals surface area (Å²) in [6.07, 6.45) is 3.81. The maximum Gasteiger partial charge on any atom is 0.312 e. The molecule has 116 valence electrons. The van der Waals surface area contributed by atoms with E-state index in [9.17, 15) is 9.59 Å². The molecule has 1 fully saturated rings. The standard InChI is InChI=1S/C16H20N4O2/c1-10-3-6-14(20(8-10)16(22)15(17)21)11-4-5-12-9-19(2)18-13(12)7-11/h4-5,7,9-10,14H,3,6,8H2,1-2H3,(H2,17,21)/t10-,14+/m0/s1. The zero-order valence-corrected chi connectivity index (χ0v) is 12.8. The van der Waals surface area contributed by atoms with Crippen LogP contribution in [0.4, 0.5) is 0 Å². The van der Waals surface area contributed by atoms with Crippen LogP contribution in [-0.4, -0.2) is 33.0 Å². The van der Waals surface area contributed by atoms with Crippen molar-refractivity contribution in [3.8, 4) is 0 Å². The van der Waals surface area contributed by atoms with E-state index in [1.165, 1.54) is 0 Å². The van der Waals surface area contributed by atoms with Crippen molar-refractivity contribution in [2.75, 3.05) is 6.54 Å². The number of primary amides is 1. The first-order valence-electron chi connectivity index (χ1n) is 7.49. The van der Waals surface area contributed by atoms with E-state index in [0.717, 1.165) is 29.3 Å². The quantitative estimate of drug-likeness (QED) is 0.807. The van der Waals surface area contributed by atoms with Crippen molar-refractivity contribution >= 4 is 22.7 Å². The van der Waals surface area contributed by atoms with E-state index >= 15 is 0 Å². The molecule has 2 heterocycles. The van der Waals surface area contributed by atoms with Gasteiger partial charge >= 0.3 is 11.8 Å². The van der Waals surface area contributed by atoms with Crippen LogP contribution in [0, 0.1) is 5.92 Å². The van der Waals surface area contributed by atoms with Gasteiger partial charge in [-0.15, -0.1) is 0 Å². The van der Waals surface area contributed by atoms with Crippen molar-refractivity contribution < 1.29 is 9.59 Å². The number of aryl methyl sites for hydroxylation is 1. The number of nitrogens with two attached hydrogens (primary N) is 1. The molecule has 0 aliphatic carbocycles. The van der Waals surface area contributed by atoms with Crippen LogP contribution in [-0.2, 0) is 16.6 Å². The topological polar surface area (TPSA) is 81.2 Å². The molecule has 2 aromatic rings. The second-order valence-electron chi connectivity index (χ2n) is 6.14. The van der Waals surface area contributed by atoms with Gasteiger partial charge in [-0.05, 0) is 30.4 Å². The number of amides is 2. The predicted octanol–water partition coefficient (Wildman–Crippen LogP) is 1.36. The normalized spacial score (nSPS) is 22.0. The number of hydrogen-bond acceptors (Lipinski definition) is 3. The maximum absolute atomic E-state index is 12.1. The van der Waals surface area contributed by atoms with Crippen molar-refractivity contribution in [1.82, 2.24) is 14.7 Å². The minimum atomic E-state index is -0.891. The molecule has 2 N–H and O–H groups in total. The van der Waals surface area contributed by atoms with Crippen molar-refractivity contribution in [2.24, 2.45) is 18.7 Å². The summed E-state index contributed by atoms with van der Waals surface area (Å²) in [4.78, 5) is 25.1. The van der Waals surface area contributed by atoms with Gasteiger partial charge < -0.3 is 10.6 Å². The molecule has 0 bridgehead atoms. The number of piperidine rings is 1. The highest BCUT2D eigenvalue weighted by molar-refractivity contribution is 6.34. The Morgan fingerprint density at radius 1 is 1.32 bits per heavy atom. The fourth-order valence-corrected chi connectivity index (χ4v) is 3.23. The van der Waals surface area contributed by atoms with Crippen LogP contribution in [0.3, 0.4) is 0 Å². The van der Waals surface area contributed by atoms with Crippen LogP contribution in [0.2, 0.25) is 0 Å². The van der Waals surface area contributed by atoms with Crippen LogP contribution in [0.1, 0.15) is 31.4 Å². The third-order valence-electron chi connectivity index (χ3n) is 4.32. The van der Waals surface area contributed by atoms with Gasteiger partial charge in [0, 0.05) is 25.2 Å². The summed E-state index contributed by atoms with van der Waals surface area (Å²) >= 11 is 0. The van der Waals surface area contributed by atoms with E-state index in [0.29, 0.717) is 12.5 Å². The summed E-state index contributed by atoms with van der Waals surface area (Å²) in [5, 5.41) is 5.47. The predicted molar refractivity (Wildman–Crippen MR) is 82.8 cm³/mol. The van der Waals surface area contributed by atoms with Crippen molar-refractivity contribution in [1.29, 1.82) is 0 Å². The maximum atomic E-state index is 12.1. The third kappa shape index (κ3) is 2.56. The Balaban J connectivity index is 1.97. The first kappa shape index (κ1) is 14.6. The number of hydrogen-bond donors (Lipinski definition) is 1. The molecule has 6 heteroatoms. The summed E-state index contributed by atoms with van der Waals surface area (Å²) in [6.45, 7) is 2.64. The highest BCUT2D eigenvalue weighted by atomic mass is 16.2. The van der Waals surface area contributed by atoms with Gasteiger partial charge in [-0.25, -0.2) is 0 Å². The Labute approximate surface area is 128 Å². The van der Waals surface area contributed by atoms with Gasteiger partial charge in [0.25, 0.3) is 0 Å². The number of rotatable bonds is 1. The first-order chi connectivity index (χ1) is 10.5. The average molecular weight is 300 g/mol. The molecule has 0 radical (unpaired) electrons. The highest BCUT2D eigenvalue weighted by Crippen LogP contribution is 2.34. The number of nitrogens with zero attached hydrogens (tertiary/aromatic N) is 3. The molecule has 0 unspecified atom stereocenters. The van der Waals surface area contributed by atoms with Crippen LogP contribution >= 0.6 is 0 Å². The number of likely N-dealkylation sites (tertiary alicyclic amines) is 1. The van der Waals surface area contributed by atoms with E-state index in [2.05, 4.69) is 12.0 Å². The van der Waals surface area contributed by atoms with Gasteiger partial charge in [-0.3, -0.25) is 14.3 Å². The lowest BCUT2D eigenvalue weighted by Gasteiger charge is -2.38. The molecular formula is C16H20N4O2. The second kappa shape index (κ2) is 5.44. The van der Waals surface area contributed by atoms with Gasteiger partial charge in [-0.2, -0.15) is 5.10 Å². The Bertz CT molecular complexity index is 737. The molecular weight excluding hydrogens is 280 g/mol. The van der Waals surface area contributed by atoms with Gasteiger partial charge in [0.2, 0.25) is 0 Å². The molecule has 6 nitrogen and oxygen atoms in total. The lowest BCUT2D eigenvalue weighted by Crippen LogP contribution is -2.46. The molecule has 0 spiro atoms. The number of fused-ring (bicyclic) bond motifs is 1. The molecule has 0 saturated carbocycles. The SMILES string of the molecule is C[C@H]1CC[C@H](c2ccc3cn(C)nc3c2)N(C(=O)C(N)=O)C1. The summed E-state index contributed by atoms with van der Waals surface area (Å²) in [7, 11) is 1.88. The number of carbonyl (C=O) groups excluding carboxylic acids is 2. The van der Waals surface area contributed by atoms with Gasteiger partial charge in [0.1, 0.15) is 0 Å². The molecule has 1 aliphatic heterocycles. The molecule has 3 rings (SSSR count). The average Bonchev–Trinajstić information content (AvgIpc) is 2.85. The molecule has 2 amide bonds. The van der Waals surface area contributed by atoms with E-state index < -0.39 is 11.8 Å². The molecule has 2 atom stereocenters. The largest absolute Gasteiger partial charge is 0.361 e. The smallest absolute Gasteiger partial charge is 0.312 e. The van der Waals surface area contributed by atoms with Crippen LogP contribution in [0.5, 0.6) is 0 Å². The fourth-order valence-electron chi connectivity index (χ4n) is 3.23. The fraction of sp³-hybridized carbons (Fsp3) is 0.438. The molecule has 1 saturated heterocycles. The summed E-state index contributed by atoms with van der Waals surface area (Å²) in [6, 6.07) is 5.90. The number of aromatic nitrogens is 2. The van der Waals surface area contributed by atoms with E-state index in [1.54, 1.807) is 9.58 Å². The van der Waals surface area contributed by atoms with E-state index in [4.69, 9.17) is 5.73 Å². The summed E-state index contributed by atoms with van der Waals surface area (Å²) in [5.74, 6) is -1.12. The Morgan fingerprint density at radius 2 is 2.09 bits per heavy atom. The molecule has 1 aliphatic rings. The van der Waals surface area contributed by atoms with E-state index in [-0.39, 0.29) is 6.04 Å². The molecule has 22 heavy (non-hydrogen) atoms. The lowest BCUT2D eigenvalue weighted by atomic mass is 9.89. The number of carbonyl (C=O) groups is 2. The van der Waals surface area contributed by atoms with E-state index in [1.807, 2.05) is 31.4 Å².